The summed E-state index contributed by atoms with van der Waals surface area (Å²) in [5, 5.41) is 7.07. The summed E-state index contributed by atoms with van der Waals surface area (Å²) in [6.45, 7) is 1.34. The lowest BCUT2D eigenvalue weighted by Gasteiger charge is -2.19. The molecule has 2 N–H and O–H groups in total. The van der Waals surface area contributed by atoms with Crippen LogP contribution in [0.2, 0.25) is 5.15 Å². The number of nitrogens with zero attached hydrogens (tertiary/aromatic N) is 2. The standard InChI is InChI=1S/C18H20ClFN4.HI/c1-21-17(23-11-13-5-6-16(19)22-10-13)24-12-18(7-8-18)14-3-2-4-15(20)9-14;/h2-6,9-10H,7-8,11-12H2,1H3,(H2,21,23,24);1H. The number of halogens is 3. The maximum atomic E-state index is 13.5. The SMILES string of the molecule is CN=C(NCc1ccc(Cl)nc1)NCC1(c2cccc(F)c2)CC1.I. The van der Waals surface area contributed by atoms with Gasteiger partial charge in [0, 0.05) is 31.7 Å². The Morgan fingerprint density at radius 2 is 2.08 bits per heavy atom. The van der Waals surface area contributed by atoms with E-state index >= 15 is 0 Å². The van der Waals surface area contributed by atoms with Crippen LogP contribution in [0.15, 0.2) is 47.6 Å². The molecule has 0 amide bonds. The summed E-state index contributed by atoms with van der Waals surface area (Å²) in [7, 11) is 1.73. The second-order valence-electron chi connectivity index (χ2n) is 6.06. The van der Waals surface area contributed by atoms with Gasteiger partial charge in [0.2, 0.25) is 0 Å². The van der Waals surface area contributed by atoms with Gasteiger partial charge in [-0.05, 0) is 42.2 Å². The normalized spacial score (nSPS) is 15.2. The Kier molecular flexibility index (Phi) is 7.01. The largest absolute Gasteiger partial charge is 0.356 e. The lowest BCUT2D eigenvalue weighted by atomic mass is 9.96. The highest BCUT2D eigenvalue weighted by atomic mass is 127. The number of benzene rings is 1. The van der Waals surface area contributed by atoms with Crippen LogP contribution < -0.4 is 10.6 Å². The Labute approximate surface area is 169 Å². The molecule has 1 aromatic carbocycles. The van der Waals surface area contributed by atoms with Crippen molar-refractivity contribution in [3.05, 3.63) is 64.7 Å². The maximum absolute atomic E-state index is 13.5. The Morgan fingerprint density at radius 1 is 1.28 bits per heavy atom. The quantitative estimate of drug-likeness (QED) is 0.299. The molecule has 0 radical (unpaired) electrons. The van der Waals surface area contributed by atoms with Crippen molar-refractivity contribution >= 4 is 41.5 Å². The number of hydrogen-bond acceptors (Lipinski definition) is 2. The zero-order chi connectivity index (χ0) is 17.0. The highest BCUT2D eigenvalue weighted by molar-refractivity contribution is 14.0. The number of hydrogen-bond donors (Lipinski definition) is 2. The number of rotatable bonds is 5. The van der Waals surface area contributed by atoms with Gasteiger partial charge in [0.25, 0.3) is 0 Å². The van der Waals surface area contributed by atoms with E-state index in [1.54, 1.807) is 31.4 Å². The van der Waals surface area contributed by atoms with Gasteiger partial charge in [-0.3, -0.25) is 4.99 Å². The Morgan fingerprint density at radius 3 is 2.68 bits per heavy atom. The fourth-order valence-electron chi connectivity index (χ4n) is 2.71. The molecule has 1 saturated carbocycles. The second kappa shape index (κ2) is 8.80. The van der Waals surface area contributed by atoms with Gasteiger partial charge in [-0.1, -0.05) is 29.8 Å². The van der Waals surface area contributed by atoms with Crippen molar-refractivity contribution in [3.63, 3.8) is 0 Å². The topological polar surface area (TPSA) is 49.3 Å². The minimum absolute atomic E-state index is 0. The van der Waals surface area contributed by atoms with E-state index in [4.69, 9.17) is 11.6 Å². The molecule has 25 heavy (non-hydrogen) atoms. The second-order valence-corrected chi connectivity index (χ2v) is 6.45. The van der Waals surface area contributed by atoms with Crippen molar-refractivity contribution in [1.82, 2.24) is 15.6 Å². The number of nitrogens with one attached hydrogen (secondary N) is 2. The molecule has 3 rings (SSSR count). The molecule has 134 valence electrons. The molecule has 7 heteroatoms. The highest BCUT2D eigenvalue weighted by Crippen LogP contribution is 2.47. The molecule has 1 aliphatic rings. The first kappa shape index (κ1) is 19.9. The van der Waals surface area contributed by atoms with Crippen molar-refractivity contribution in [3.8, 4) is 0 Å². The molecule has 0 aliphatic heterocycles. The van der Waals surface area contributed by atoms with Crippen LogP contribution in [-0.4, -0.2) is 24.5 Å². The zero-order valence-electron chi connectivity index (χ0n) is 13.9. The van der Waals surface area contributed by atoms with Gasteiger partial charge in [0.05, 0.1) is 0 Å². The third-order valence-electron chi connectivity index (χ3n) is 4.36. The van der Waals surface area contributed by atoms with E-state index < -0.39 is 0 Å². The molecule has 0 bridgehead atoms. The molecule has 0 unspecified atom stereocenters. The van der Waals surface area contributed by atoms with Crippen LogP contribution in [0.5, 0.6) is 0 Å². The van der Waals surface area contributed by atoms with E-state index in [0.717, 1.165) is 30.5 Å². The number of guanidine groups is 1. The van der Waals surface area contributed by atoms with Crippen LogP contribution >= 0.6 is 35.6 Å². The Bertz CT molecular complexity index is 732. The van der Waals surface area contributed by atoms with Gasteiger partial charge in [-0.25, -0.2) is 9.37 Å². The molecule has 1 aromatic heterocycles. The molecular weight excluding hydrogens is 454 g/mol. The first-order chi connectivity index (χ1) is 11.6. The number of pyridine rings is 1. The molecule has 0 saturated heterocycles. The molecule has 1 heterocycles. The zero-order valence-corrected chi connectivity index (χ0v) is 17.0. The van der Waals surface area contributed by atoms with Gasteiger partial charge in [0.1, 0.15) is 11.0 Å². The third-order valence-corrected chi connectivity index (χ3v) is 4.58. The van der Waals surface area contributed by atoms with Crippen LogP contribution in [-0.2, 0) is 12.0 Å². The molecule has 1 aliphatic carbocycles. The fraction of sp³-hybridized carbons (Fsp3) is 0.333. The molecule has 2 aromatic rings. The molecule has 1 fully saturated rings. The van der Waals surface area contributed by atoms with Crippen molar-refractivity contribution in [2.75, 3.05) is 13.6 Å². The maximum Gasteiger partial charge on any atom is 0.191 e. The average molecular weight is 475 g/mol. The summed E-state index contributed by atoms with van der Waals surface area (Å²) in [6.07, 6.45) is 3.85. The smallest absolute Gasteiger partial charge is 0.191 e. The van der Waals surface area contributed by atoms with E-state index in [1.807, 2.05) is 12.1 Å². The highest BCUT2D eigenvalue weighted by Gasteiger charge is 2.44. The molecule has 0 atom stereocenters. The van der Waals surface area contributed by atoms with Crippen LogP contribution in [0, 0.1) is 5.82 Å². The van der Waals surface area contributed by atoms with Gasteiger partial charge in [-0.15, -0.1) is 24.0 Å². The van der Waals surface area contributed by atoms with Crippen molar-refractivity contribution in [2.45, 2.75) is 24.8 Å². The molecule has 4 nitrogen and oxygen atoms in total. The van der Waals surface area contributed by atoms with Crippen LogP contribution in [0.1, 0.15) is 24.0 Å². The number of aliphatic imine (C=N–C) groups is 1. The minimum atomic E-state index is -0.184. The molecule has 0 spiro atoms. The molecular formula is C18H21ClFIN4. The Hall–Kier alpha value is -1.41. The predicted molar refractivity (Wildman–Crippen MR) is 110 cm³/mol. The van der Waals surface area contributed by atoms with Crippen molar-refractivity contribution < 1.29 is 4.39 Å². The van der Waals surface area contributed by atoms with E-state index in [0.29, 0.717) is 17.7 Å². The lowest BCUT2D eigenvalue weighted by molar-refractivity contribution is 0.607. The van der Waals surface area contributed by atoms with Crippen molar-refractivity contribution in [2.24, 2.45) is 4.99 Å². The van der Waals surface area contributed by atoms with Crippen LogP contribution in [0.4, 0.5) is 4.39 Å². The minimum Gasteiger partial charge on any atom is -0.356 e. The van der Waals surface area contributed by atoms with Crippen LogP contribution in [0.25, 0.3) is 0 Å². The first-order valence-electron chi connectivity index (χ1n) is 7.92. The lowest BCUT2D eigenvalue weighted by Crippen LogP contribution is -2.40. The summed E-state index contributed by atoms with van der Waals surface area (Å²) in [6, 6.07) is 10.6. The van der Waals surface area contributed by atoms with E-state index in [9.17, 15) is 4.39 Å². The summed E-state index contributed by atoms with van der Waals surface area (Å²) in [5.41, 5.74) is 2.09. The van der Waals surface area contributed by atoms with Crippen molar-refractivity contribution in [1.29, 1.82) is 0 Å². The van der Waals surface area contributed by atoms with E-state index in [2.05, 4.69) is 20.6 Å². The third kappa shape index (κ3) is 5.28. The predicted octanol–water partition coefficient (Wildman–Crippen LogP) is 3.89. The summed E-state index contributed by atoms with van der Waals surface area (Å²) in [5.74, 6) is 0.532. The van der Waals surface area contributed by atoms with E-state index in [-0.39, 0.29) is 35.2 Å². The average Bonchev–Trinajstić information content (AvgIpc) is 3.38. The Balaban J connectivity index is 0.00000225. The summed E-state index contributed by atoms with van der Waals surface area (Å²) in [4.78, 5) is 8.29. The van der Waals surface area contributed by atoms with Gasteiger partial charge < -0.3 is 10.6 Å². The van der Waals surface area contributed by atoms with E-state index in [1.165, 1.54) is 6.07 Å². The van der Waals surface area contributed by atoms with Gasteiger partial charge >= 0.3 is 0 Å². The fourth-order valence-corrected chi connectivity index (χ4v) is 2.82. The number of aromatic nitrogens is 1. The van der Waals surface area contributed by atoms with Crippen LogP contribution in [0.3, 0.4) is 0 Å². The van der Waals surface area contributed by atoms with Gasteiger partial charge in [-0.2, -0.15) is 0 Å². The monoisotopic (exact) mass is 474 g/mol. The summed E-state index contributed by atoms with van der Waals surface area (Å²) >= 11 is 5.78. The summed E-state index contributed by atoms with van der Waals surface area (Å²) < 4.78 is 13.5. The van der Waals surface area contributed by atoms with Gasteiger partial charge in [0.15, 0.2) is 5.96 Å². The first-order valence-corrected chi connectivity index (χ1v) is 8.30.